The fourth-order valence-electron chi connectivity index (χ4n) is 1.90. The molecule has 1 N–H and O–H groups in total. The molecule has 2 rings (SSSR count). The van der Waals surface area contributed by atoms with Crippen LogP contribution >= 0.6 is 0 Å². The molecule has 0 heterocycles. The number of aliphatic hydroxyl groups is 1. The topological polar surface area (TPSA) is 46.5 Å². The third-order valence-corrected chi connectivity index (χ3v) is 2.69. The number of fused-ring (bicyclic) bond motifs is 1. The van der Waals surface area contributed by atoms with Gasteiger partial charge in [-0.2, -0.15) is 0 Å². The van der Waals surface area contributed by atoms with Gasteiger partial charge in [0.05, 0.1) is 13.4 Å². The van der Waals surface area contributed by atoms with E-state index in [4.69, 9.17) is 9.84 Å². The van der Waals surface area contributed by atoms with Crippen LogP contribution < -0.4 is 4.74 Å². The van der Waals surface area contributed by atoms with Crippen LogP contribution in [0, 0.1) is 0 Å². The van der Waals surface area contributed by atoms with E-state index in [-0.39, 0.29) is 5.78 Å². The molecular formula is C12H12O3. The predicted octanol–water partition coefficient (Wildman–Crippen LogP) is 2.27. The molecule has 1 aliphatic carbocycles. The van der Waals surface area contributed by atoms with Gasteiger partial charge in [0, 0.05) is 16.7 Å². The number of Topliss-reactive ketones (excluding diaryl/α,β-unsaturated/α-hetero) is 1. The Morgan fingerprint density at radius 3 is 2.87 bits per heavy atom. The summed E-state index contributed by atoms with van der Waals surface area (Å²) in [5, 5.41) is 8.90. The van der Waals surface area contributed by atoms with Crippen LogP contribution in [0.25, 0.3) is 0 Å². The fraction of sp³-hybridized carbons (Fsp3) is 0.250. The van der Waals surface area contributed by atoms with Crippen molar-refractivity contribution < 1.29 is 14.6 Å². The Morgan fingerprint density at radius 1 is 1.40 bits per heavy atom. The van der Waals surface area contributed by atoms with E-state index in [0.717, 1.165) is 24.0 Å². The van der Waals surface area contributed by atoms with Gasteiger partial charge in [-0.3, -0.25) is 4.79 Å². The summed E-state index contributed by atoms with van der Waals surface area (Å²) in [6, 6.07) is 5.40. The van der Waals surface area contributed by atoms with Gasteiger partial charge in [-0.15, -0.1) is 0 Å². The Bertz CT molecular complexity index is 432. The van der Waals surface area contributed by atoms with Crippen LogP contribution in [0.2, 0.25) is 0 Å². The molecule has 0 amide bonds. The molecule has 0 spiro atoms. The van der Waals surface area contributed by atoms with E-state index < -0.39 is 0 Å². The first-order valence-electron chi connectivity index (χ1n) is 4.81. The van der Waals surface area contributed by atoms with Crippen LogP contribution in [0.4, 0.5) is 0 Å². The van der Waals surface area contributed by atoms with Crippen molar-refractivity contribution in [3.8, 4) is 5.75 Å². The Kier molecular flexibility index (Phi) is 2.46. The number of carbonyl (C=O) groups is 1. The molecule has 0 radical (unpaired) electrons. The summed E-state index contributed by atoms with van der Waals surface area (Å²) in [5.74, 6) is 0.649. The molecule has 1 aliphatic rings. The lowest BCUT2D eigenvalue weighted by Crippen LogP contribution is -2.15. The van der Waals surface area contributed by atoms with Gasteiger partial charge in [0.15, 0.2) is 5.78 Å². The Balaban J connectivity index is 2.54. The number of ether oxygens (including phenoxy) is 1. The summed E-state index contributed by atoms with van der Waals surface area (Å²) in [6.45, 7) is 0. The average Bonchev–Trinajstić information content (AvgIpc) is 2.29. The van der Waals surface area contributed by atoms with Crippen LogP contribution in [0.5, 0.6) is 5.75 Å². The van der Waals surface area contributed by atoms with Gasteiger partial charge in [0.2, 0.25) is 0 Å². The maximum absolute atomic E-state index is 11.8. The fourth-order valence-corrected chi connectivity index (χ4v) is 1.90. The monoisotopic (exact) mass is 204 g/mol. The van der Waals surface area contributed by atoms with Gasteiger partial charge in [0.25, 0.3) is 0 Å². The minimum atomic E-state index is -0.0994. The normalized spacial score (nSPS) is 17.7. The molecule has 0 saturated heterocycles. The molecular weight excluding hydrogens is 192 g/mol. The lowest BCUT2D eigenvalue weighted by atomic mass is 9.87. The third-order valence-electron chi connectivity index (χ3n) is 2.69. The molecule has 15 heavy (non-hydrogen) atoms. The largest absolute Gasteiger partial charge is 0.515 e. The molecule has 0 aliphatic heterocycles. The molecule has 0 fully saturated rings. The summed E-state index contributed by atoms with van der Waals surface area (Å²) in [7, 11) is 1.59. The first kappa shape index (κ1) is 9.77. The van der Waals surface area contributed by atoms with Crippen molar-refractivity contribution >= 4 is 5.78 Å². The number of aliphatic hydroxyl groups excluding tert-OH is 1. The summed E-state index contributed by atoms with van der Waals surface area (Å²) in [5.41, 5.74) is 2.05. The molecule has 78 valence electrons. The molecule has 0 unspecified atom stereocenters. The van der Waals surface area contributed by atoms with Gasteiger partial charge < -0.3 is 9.84 Å². The number of methoxy groups -OCH3 is 1. The van der Waals surface area contributed by atoms with E-state index in [1.165, 1.54) is 0 Å². The molecule has 0 aromatic heterocycles. The van der Waals surface area contributed by atoms with Crippen LogP contribution in [0.15, 0.2) is 30.0 Å². The van der Waals surface area contributed by atoms with Crippen LogP contribution in [0.3, 0.4) is 0 Å². The van der Waals surface area contributed by atoms with Crippen molar-refractivity contribution in [1.29, 1.82) is 0 Å². The molecule has 1 aromatic carbocycles. The van der Waals surface area contributed by atoms with Crippen molar-refractivity contribution in [3.63, 3.8) is 0 Å². The summed E-state index contributed by atoms with van der Waals surface area (Å²) >= 11 is 0. The van der Waals surface area contributed by atoms with Crippen molar-refractivity contribution in [2.24, 2.45) is 0 Å². The standard InChI is InChI=1S/C12H12O3/c1-15-11-4-2-3-10-9(11)6-5-8(7-13)12(10)14/h2-4,7,13H,5-6H2,1H3/b8-7+. The Morgan fingerprint density at radius 2 is 2.20 bits per heavy atom. The second kappa shape index (κ2) is 3.77. The number of benzene rings is 1. The quantitative estimate of drug-likeness (QED) is 0.563. The number of hydrogen-bond donors (Lipinski definition) is 1. The number of hydrogen-bond acceptors (Lipinski definition) is 3. The lowest BCUT2D eigenvalue weighted by molar-refractivity contribution is 0.102. The zero-order valence-corrected chi connectivity index (χ0v) is 8.49. The number of allylic oxidation sites excluding steroid dienone is 1. The summed E-state index contributed by atoms with van der Waals surface area (Å²) in [6.07, 6.45) is 2.21. The molecule has 0 atom stereocenters. The van der Waals surface area contributed by atoms with Gasteiger partial charge in [-0.1, -0.05) is 12.1 Å². The highest BCUT2D eigenvalue weighted by molar-refractivity contribution is 6.10. The predicted molar refractivity (Wildman–Crippen MR) is 56.4 cm³/mol. The molecule has 3 nitrogen and oxygen atoms in total. The second-order valence-electron chi connectivity index (χ2n) is 3.47. The highest BCUT2D eigenvalue weighted by Crippen LogP contribution is 2.31. The molecule has 3 heteroatoms. The minimum absolute atomic E-state index is 0.0994. The van der Waals surface area contributed by atoms with Gasteiger partial charge in [0.1, 0.15) is 5.75 Å². The second-order valence-corrected chi connectivity index (χ2v) is 3.47. The highest BCUT2D eigenvalue weighted by atomic mass is 16.5. The Hall–Kier alpha value is -1.77. The number of ketones is 1. The number of carbonyl (C=O) groups excluding carboxylic acids is 1. The summed E-state index contributed by atoms with van der Waals surface area (Å²) in [4.78, 5) is 11.8. The number of rotatable bonds is 1. The van der Waals surface area contributed by atoms with Crippen LogP contribution in [-0.2, 0) is 6.42 Å². The van der Waals surface area contributed by atoms with E-state index in [9.17, 15) is 4.79 Å². The third kappa shape index (κ3) is 1.50. The zero-order valence-electron chi connectivity index (χ0n) is 8.49. The molecule has 1 aromatic rings. The highest BCUT2D eigenvalue weighted by Gasteiger charge is 2.24. The SMILES string of the molecule is COc1cccc2c1CC/C(=C\O)C2=O. The first-order valence-corrected chi connectivity index (χ1v) is 4.81. The molecule has 0 bridgehead atoms. The van der Waals surface area contributed by atoms with E-state index in [2.05, 4.69) is 0 Å². The van der Waals surface area contributed by atoms with Crippen LogP contribution in [0.1, 0.15) is 22.3 Å². The van der Waals surface area contributed by atoms with Crippen molar-refractivity contribution in [2.75, 3.05) is 7.11 Å². The van der Waals surface area contributed by atoms with E-state index in [1.54, 1.807) is 19.2 Å². The van der Waals surface area contributed by atoms with Gasteiger partial charge in [-0.05, 0) is 18.9 Å². The van der Waals surface area contributed by atoms with E-state index in [0.29, 0.717) is 17.6 Å². The van der Waals surface area contributed by atoms with Crippen LogP contribution in [-0.4, -0.2) is 18.0 Å². The maximum atomic E-state index is 11.8. The lowest BCUT2D eigenvalue weighted by Gasteiger charge is -2.18. The average molecular weight is 204 g/mol. The zero-order chi connectivity index (χ0) is 10.8. The van der Waals surface area contributed by atoms with Crippen molar-refractivity contribution in [1.82, 2.24) is 0 Å². The van der Waals surface area contributed by atoms with Gasteiger partial charge in [-0.25, -0.2) is 0 Å². The molecule has 0 saturated carbocycles. The van der Waals surface area contributed by atoms with Crippen molar-refractivity contribution in [2.45, 2.75) is 12.8 Å². The first-order chi connectivity index (χ1) is 7.27. The van der Waals surface area contributed by atoms with E-state index in [1.807, 2.05) is 6.07 Å². The van der Waals surface area contributed by atoms with Gasteiger partial charge >= 0.3 is 0 Å². The van der Waals surface area contributed by atoms with E-state index >= 15 is 0 Å². The Labute approximate surface area is 88.0 Å². The smallest absolute Gasteiger partial charge is 0.192 e. The summed E-state index contributed by atoms with van der Waals surface area (Å²) < 4.78 is 5.20. The minimum Gasteiger partial charge on any atom is -0.515 e. The van der Waals surface area contributed by atoms with Crippen molar-refractivity contribution in [3.05, 3.63) is 41.2 Å². The maximum Gasteiger partial charge on any atom is 0.192 e.